The monoisotopic (exact) mass is 686 g/mol. The third-order valence-electron chi connectivity index (χ3n) is 7.17. The molecule has 4 heteroatoms. The molecule has 2 aromatic carbocycles. The van der Waals surface area contributed by atoms with E-state index < -0.39 is 0 Å². The molecule has 1 nitrogen and oxygen atoms in total. The van der Waals surface area contributed by atoms with E-state index in [1.807, 2.05) is 13.8 Å². The molecule has 42 heavy (non-hydrogen) atoms. The van der Waals surface area contributed by atoms with Crippen molar-refractivity contribution in [2.75, 3.05) is 0 Å². The zero-order valence-electron chi connectivity index (χ0n) is 28.6. The first-order valence-corrected chi connectivity index (χ1v) is 16.7. The van der Waals surface area contributed by atoms with Gasteiger partial charge in [-0.3, -0.25) is 5.26 Å². The van der Waals surface area contributed by atoms with Crippen LogP contribution in [0, 0.1) is 42.4 Å². The molecule has 1 heterocycles. The fourth-order valence-corrected chi connectivity index (χ4v) is 6.08. The Hall–Kier alpha value is 0.240. The molecule has 0 bridgehead atoms. The van der Waals surface area contributed by atoms with Gasteiger partial charge in [0, 0.05) is 37.6 Å². The average molecular weight is 687 g/mol. The fourth-order valence-electron chi connectivity index (χ4n) is 5.13. The number of hydrogen-bond donors (Lipinski definition) is 0. The second-order valence-electron chi connectivity index (χ2n) is 11.2. The minimum absolute atomic E-state index is 0. The van der Waals surface area contributed by atoms with Crippen LogP contribution in [0.4, 0.5) is 0 Å². The number of hydrogen-bond acceptors (Lipinski definition) is 2. The number of rotatable bonds is 7. The van der Waals surface area contributed by atoms with Gasteiger partial charge in [0.2, 0.25) is 0 Å². The molecule has 4 rings (SSSR count). The summed E-state index contributed by atoms with van der Waals surface area (Å²) in [5.41, 5.74) is 3.33. The molecule has 1 aliphatic carbocycles. The summed E-state index contributed by atoms with van der Waals surface area (Å²) in [6.45, 7) is 19.6. The van der Waals surface area contributed by atoms with Gasteiger partial charge in [-0.2, -0.15) is 6.42 Å². The second kappa shape index (κ2) is 26.5. The van der Waals surface area contributed by atoms with E-state index in [2.05, 4.69) is 116 Å². The Morgan fingerprint density at radius 1 is 0.857 bits per heavy atom. The fraction of sp³-hybridized carbons (Fsp3) is 0.526. The van der Waals surface area contributed by atoms with Gasteiger partial charge in [0.25, 0.3) is 0 Å². The van der Waals surface area contributed by atoms with E-state index in [1.165, 1.54) is 78.1 Å². The summed E-state index contributed by atoms with van der Waals surface area (Å²) < 4.78 is 0. The molecule has 0 saturated heterocycles. The number of fused-ring (bicyclic) bond motifs is 1. The van der Waals surface area contributed by atoms with Crippen LogP contribution in [0.3, 0.4) is 0 Å². The standard InChI is InChI=1S/C27H28NS.C5H12.C4H10.C2H6.K.Y/c1-18-4-5-24-16-25(7-6-23(24)13-18)27-9-8-26(29-27)15-22(17-28)14-21-11-19(2)10-20(3)12-21;1-3-5-4-2;1-3-4-2;1-2;;/h4-9,13-16,19-21H,10-12H2,1-3H3;3-5H2,1-2H3;3-4H2,1-2H3;1-2H3;;/q-1;;;;+1;/b22-15-;;;;;. The van der Waals surface area contributed by atoms with E-state index in [0.29, 0.717) is 5.92 Å². The topological polar surface area (TPSA) is 23.8 Å². The Morgan fingerprint density at radius 3 is 1.95 bits per heavy atom. The minimum atomic E-state index is 0. The SMILES string of the molecule is CC.CCCC.CCCCC.Cc1ccc2cc(-c3ccc(/C=C(\C#N)[CH-]C4CC(C)CC(C)C4)s3)ccc2c1.[K+].[Y]. The largest absolute Gasteiger partial charge is 1.00 e. The Morgan fingerprint density at radius 2 is 1.43 bits per heavy atom. The summed E-state index contributed by atoms with van der Waals surface area (Å²) in [6.07, 6.45) is 14.7. The molecule has 1 radical (unpaired) electrons. The van der Waals surface area contributed by atoms with Crippen LogP contribution in [-0.2, 0) is 32.7 Å². The quantitative estimate of drug-likeness (QED) is 0.138. The van der Waals surface area contributed by atoms with Gasteiger partial charge in [-0.15, -0.1) is 23.0 Å². The maximum atomic E-state index is 9.67. The third-order valence-corrected chi connectivity index (χ3v) is 8.25. The van der Waals surface area contributed by atoms with Crippen LogP contribution in [0.5, 0.6) is 0 Å². The summed E-state index contributed by atoms with van der Waals surface area (Å²) in [7, 11) is 0. The molecule has 3 aromatic rings. The number of aryl methyl sites for hydroxylation is 1. The van der Waals surface area contributed by atoms with Gasteiger partial charge in [-0.05, 0) is 58.5 Å². The maximum Gasteiger partial charge on any atom is 1.00 e. The average Bonchev–Trinajstić information content (AvgIpc) is 3.42. The van der Waals surface area contributed by atoms with Gasteiger partial charge in [0.15, 0.2) is 0 Å². The van der Waals surface area contributed by atoms with Gasteiger partial charge in [-0.1, -0.05) is 154 Å². The normalized spacial score (nSPS) is 17.3. The Kier molecular flexibility index (Phi) is 27.9. The van der Waals surface area contributed by atoms with Crippen molar-refractivity contribution in [3.63, 3.8) is 0 Å². The van der Waals surface area contributed by atoms with Crippen molar-refractivity contribution in [3.05, 3.63) is 71.0 Å². The number of allylic oxidation sites excluding steroid dienone is 1. The number of nitriles is 1. The molecule has 1 aliphatic rings. The Bertz CT molecular complexity index is 1160. The van der Waals surface area contributed by atoms with Gasteiger partial charge in [0.05, 0.1) is 0 Å². The molecular weight excluding hydrogens is 630 g/mol. The summed E-state index contributed by atoms with van der Waals surface area (Å²) in [5, 5.41) is 12.2. The summed E-state index contributed by atoms with van der Waals surface area (Å²) in [6, 6.07) is 20.0. The molecule has 2 atom stereocenters. The van der Waals surface area contributed by atoms with Crippen LogP contribution in [-0.4, -0.2) is 0 Å². The van der Waals surface area contributed by atoms with E-state index >= 15 is 0 Å². The molecule has 0 spiro atoms. The number of benzene rings is 2. The van der Waals surface area contributed by atoms with E-state index in [9.17, 15) is 5.26 Å². The second-order valence-corrected chi connectivity index (χ2v) is 12.3. The molecule has 1 aromatic heterocycles. The van der Waals surface area contributed by atoms with E-state index in [1.54, 1.807) is 11.3 Å². The van der Waals surface area contributed by atoms with Crippen LogP contribution in [0.25, 0.3) is 27.3 Å². The summed E-state index contributed by atoms with van der Waals surface area (Å²) in [5.74, 6) is 2.04. The van der Waals surface area contributed by atoms with Gasteiger partial charge >= 0.3 is 51.4 Å². The van der Waals surface area contributed by atoms with Gasteiger partial charge in [0.1, 0.15) is 0 Å². The van der Waals surface area contributed by atoms with Crippen LogP contribution in [0.2, 0.25) is 0 Å². The van der Waals surface area contributed by atoms with Gasteiger partial charge < -0.3 is 0 Å². The van der Waals surface area contributed by atoms with Crippen molar-refractivity contribution in [1.29, 1.82) is 5.26 Å². The van der Waals surface area contributed by atoms with Crippen LogP contribution in [0.15, 0.2) is 54.1 Å². The Balaban J connectivity index is 0. The van der Waals surface area contributed by atoms with Crippen molar-refractivity contribution in [1.82, 2.24) is 0 Å². The maximum absolute atomic E-state index is 9.67. The summed E-state index contributed by atoms with van der Waals surface area (Å²) in [4.78, 5) is 2.39. The van der Waals surface area contributed by atoms with Crippen LogP contribution in [0.1, 0.15) is 117 Å². The first-order valence-electron chi connectivity index (χ1n) is 15.9. The van der Waals surface area contributed by atoms with Crippen LogP contribution >= 0.6 is 11.3 Å². The zero-order valence-corrected chi connectivity index (χ0v) is 35.4. The first-order chi connectivity index (χ1) is 19.3. The zero-order chi connectivity index (χ0) is 29.9. The molecule has 1 fully saturated rings. The molecular formula is C38H56KNSY. The van der Waals surface area contributed by atoms with E-state index in [-0.39, 0.29) is 84.1 Å². The smallest absolute Gasteiger partial charge is 0.285 e. The van der Waals surface area contributed by atoms with Gasteiger partial charge in [-0.25, -0.2) is 0 Å². The molecule has 0 N–H and O–H groups in total. The predicted molar refractivity (Wildman–Crippen MR) is 183 cm³/mol. The first kappa shape index (κ1) is 44.4. The van der Waals surface area contributed by atoms with E-state index in [4.69, 9.17) is 0 Å². The molecule has 2 unspecified atom stereocenters. The van der Waals surface area contributed by atoms with Crippen molar-refractivity contribution < 1.29 is 84.1 Å². The molecule has 1 saturated carbocycles. The summed E-state index contributed by atoms with van der Waals surface area (Å²) >= 11 is 1.76. The van der Waals surface area contributed by atoms with Crippen molar-refractivity contribution in [2.24, 2.45) is 17.8 Å². The molecule has 0 amide bonds. The molecule has 223 valence electrons. The minimum Gasteiger partial charge on any atom is -0.285 e. The van der Waals surface area contributed by atoms with Crippen LogP contribution < -0.4 is 51.4 Å². The number of thiophene rings is 1. The molecule has 0 aliphatic heterocycles. The Labute approximate surface area is 332 Å². The van der Waals surface area contributed by atoms with E-state index in [0.717, 1.165) is 22.3 Å². The number of unbranched alkanes of at least 4 members (excludes halogenated alkanes) is 3. The van der Waals surface area contributed by atoms with Crippen molar-refractivity contribution in [3.8, 4) is 16.5 Å². The van der Waals surface area contributed by atoms with Crippen molar-refractivity contribution in [2.45, 2.75) is 114 Å². The number of nitrogens with zero attached hydrogens (tertiary/aromatic N) is 1. The predicted octanol–water partition coefficient (Wildman–Crippen LogP) is 10.1. The third kappa shape index (κ3) is 17.1. The van der Waals surface area contributed by atoms with Crippen molar-refractivity contribution >= 4 is 28.2 Å².